The number of amides is 5. The molecule has 32 nitrogen and oxygen atoms in total. The second-order valence-electron chi connectivity index (χ2n) is 33.6. The Morgan fingerprint density at radius 3 is 1.32 bits per heavy atom. The molecule has 5 amide bonds. The van der Waals surface area contributed by atoms with Crippen LogP contribution in [0.25, 0.3) is 0 Å². The molecule has 37 heteroatoms. The summed E-state index contributed by atoms with van der Waals surface area (Å²) < 4.78 is 119. The first kappa shape index (κ1) is 114. The second-order valence-corrected chi connectivity index (χ2v) is 37.1. The van der Waals surface area contributed by atoms with Gasteiger partial charge in [0.2, 0.25) is 37.8 Å². The molecule has 0 radical (unpaired) electrons. The molecule has 1 heterocycles. The zero-order valence-corrected chi connectivity index (χ0v) is 80.3. The number of rotatable bonds is 61. The largest absolute Gasteiger partial charge is 0.471 e. The van der Waals surface area contributed by atoms with E-state index >= 15 is 0 Å². The van der Waals surface area contributed by atoms with Crippen LogP contribution < -0.4 is 53.6 Å². The number of nitrogens with one attached hydrogen (secondary N) is 8. The number of hydroxylamine groups is 2. The molecule has 1 aliphatic heterocycles. The molecule has 9 rings (SSSR count). The summed E-state index contributed by atoms with van der Waals surface area (Å²) in [5.41, 5.74) is 32.4. The molecule has 4 atom stereocenters. The summed E-state index contributed by atoms with van der Waals surface area (Å²) in [6.07, 6.45) is 0.126. The highest BCUT2D eigenvalue weighted by Crippen LogP contribution is 2.25. The van der Waals surface area contributed by atoms with Crippen molar-refractivity contribution in [3.05, 3.63) is 284 Å². The third-order valence-corrected chi connectivity index (χ3v) is 25.0. The summed E-state index contributed by atoms with van der Waals surface area (Å²) in [5, 5.41) is 26.7. The van der Waals surface area contributed by atoms with Gasteiger partial charge in [0, 0.05) is 134 Å². The first-order valence-corrected chi connectivity index (χ1v) is 49.5. The molecule has 1 aliphatic rings. The number of Topliss-reactive ketones (excluding diaryl/α,β-unsaturated/α-hetero) is 4. The quantitative estimate of drug-likeness (QED) is 0.00957. The van der Waals surface area contributed by atoms with E-state index in [2.05, 4.69) is 25.4 Å². The smallest absolute Gasteiger partial charge is 0.384 e. The average Bonchev–Trinajstić information content (AvgIpc) is 1.56. The number of methoxy groups -OCH3 is 2. The standard InChI is InChI=1S/C48H62N6O8S.C40H45F3N6O5S.C14H23NO6/c1-61-26-27-62-25-24-52-46(57)23-22-43(55)21-18-36-11-5-14-40(28-36)34-63(59,60)54-44(15-7-10-35-8-3-2-4-9-35)45(56)31-42(30-38-12-6-13-39(29-38)32-49)48(58)53-33-37-16-19-41(20-17-37)47(50)51;41-40(42,43)39(52)48-25-31-12-4-10-29(19-31)21-34(38(51)47-24-28-15-17-33(18-16-28)37(45)46)22-36(50)35(14-6-9-27-7-2-1-3-8-27)49-55(53,54)26-32-13-5-11-30(20-32)23-44;1-19-10-11-20-9-3-4-12(16)6-7-14(18)21-15-8-2-5-13(15)17/h2-6,8-9,11-14,16-17,19-20,28-29,42,44,54H,7,10,15,18,21-27,30-34,49H2,1H3,(H3,50,51)(H,52,57)(H,53,58);1-5,7-8,10-13,15-20,34-35,49H,6,9,14,21-26,44H2,(H3,45,46)(H,47,51)(H,48,52);2-11H2,1H3/t42-,44-;34-,35-;/m11./s1. The van der Waals surface area contributed by atoms with Gasteiger partial charge in [-0.2, -0.15) is 18.2 Å². The first-order chi connectivity index (χ1) is 66.6. The molecule has 8 aromatic carbocycles. The van der Waals surface area contributed by atoms with Crippen LogP contribution in [0.15, 0.2) is 206 Å². The summed E-state index contributed by atoms with van der Waals surface area (Å²) in [4.78, 5) is 131. The molecule has 0 unspecified atom stereocenters. The van der Waals surface area contributed by atoms with Crippen LogP contribution in [0.3, 0.4) is 0 Å². The lowest BCUT2D eigenvalue weighted by molar-refractivity contribution is -0.193. The number of sulfonamides is 2. The fourth-order valence-electron chi connectivity index (χ4n) is 14.8. The number of hydrogen-bond acceptors (Lipinski definition) is 23. The van der Waals surface area contributed by atoms with Crippen LogP contribution >= 0.6 is 0 Å². The predicted molar refractivity (Wildman–Crippen MR) is 521 cm³/mol. The molecule has 0 spiro atoms. The highest BCUT2D eigenvalue weighted by Gasteiger charge is 2.39. The maximum Gasteiger partial charge on any atom is 0.471 e. The summed E-state index contributed by atoms with van der Waals surface area (Å²) in [7, 11) is -4.94. The Bertz CT molecular complexity index is 5530. The van der Waals surface area contributed by atoms with E-state index < -0.39 is 97.5 Å². The summed E-state index contributed by atoms with van der Waals surface area (Å²) in [6, 6.07) is 58.1. The van der Waals surface area contributed by atoms with Gasteiger partial charge in [0.25, 0.3) is 5.91 Å². The van der Waals surface area contributed by atoms with Crippen molar-refractivity contribution < 1.29 is 102 Å². The number of nitrogen functional groups attached to an aromatic ring is 2. The van der Waals surface area contributed by atoms with Gasteiger partial charge in [-0.3, -0.25) is 54.0 Å². The maximum atomic E-state index is 14.3. The van der Waals surface area contributed by atoms with Gasteiger partial charge in [-0.05, 0) is 137 Å². The van der Waals surface area contributed by atoms with Crippen molar-refractivity contribution in [1.29, 1.82) is 10.8 Å². The second kappa shape index (κ2) is 61.1. The van der Waals surface area contributed by atoms with Crippen molar-refractivity contribution >= 4 is 90.4 Å². The minimum Gasteiger partial charge on any atom is -0.384 e. The normalized spacial score (nSPS) is 12.8. The Balaban J connectivity index is 0.000000315. The van der Waals surface area contributed by atoms with E-state index in [1.807, 2.05) is 96.3 Å². The van der Waals surface area contributed by atoms with Crippen LogP contribution in [0.5, 0.6) is 0 Å². The Hall–Kier alpha value is -12.4. The number of ether oxygens (including phenoxy) is 4. The van der Waals surface area contributed by atoms with E-state index in [1.54, 1.807) is 117 Å². The fraction of sp³-hybridized carbons (Fsp3) is 0.412. The molecule has 1 fully saturated rings. The lowest BCUT2D eigenvalue weighted by Crippen LogP contribution is -2.43. The van der Waals surface area contributed by atoms with Gasteiger partial charge in [-0.25, -0.2) is 31.1 Å². The molecule has 0 aliphatic carbocycles. The first-order valence-electron chi connectivity index (χ1n) is 46.1. The van der Waals surface area contributed by atoms with Gasteiger partial charge in [-0.1, -0.05) is 206 Å². The minimum atomic E-state index is -5.05. The molecular weight excluding hydrogens is 1830 g/mol. The van der Waals surface area contributed by atoms with Crippen LogP contribution in [-0.2, 0) is 168 Å². The van der Waals surface area contributed by atoms with Crippen molar-refractivity contribution in [3.8, 4) is 0 Å². The number of alkyl halides is 3. The highest BCUT2D eigenvalue weighted by molar-refractivity contribution is 7.89. The number of hydrogen-bond donors (Lipinski definition) is 12. The number of carbonyl (C=O) groups is 10. The minimum absolute atomic E-state index is 0.00459. The van der Waals surface area contributed by atoms with Crippen LogP contribution in [-0.4, -0.2) is 177 Å². The Labute approximate surface area is 810 Å². The number of aryl methyl sites for hydroxylation is 3. The van der Waals surface area contributed by atoms with Gasteiger partial charge >= 0.3 is 18.1 Å². The number of nitrogens with two attached hydrogens (primary N) is 4. The average molecular weight is 1960 g/mol. The predicted octanol–water partition coefficient (Wildman–Crippen LogP) is 9.85. The monoisotopic (exact) mass is 1960 g/mol. The number of carbonyl (C=O) groups excluding carboxylic acids is 10. The number of halogens is 3. The van der Waals surface area contributed by atoms with E-state index in [4.69, 9.17) is 57.5 Å². The van der Waals surface area contributed by atoms with Crippen molar-refractivity contribution in [3.63, 3.8) is 0 Å². The van der Waals surface area contributed by atoms with Crippen LogP contribution in [0.2, 0.25) is 0 Å². The number of nitrogens with zero attached hydrogens (tertiary/aromatic N) is 1. The number of amidine groups is 2. The Kier molecular flexibility index (Phi) is 49.9. The molecule has 139 heavy (non-hydrogen) atoms. The molecule has 0 aromatic heterocycles. The maximum absolute atomic E-state index is 14.3. The van der Waals surface area contributed by atoms with Crippen molar-refractivity contribution in [2.75, 3.05) is 67.0 Å². The van der Waals surface area contributed by atoms with Gasteiger partial charge in [0.1, 0.15) is 23.2 Å². The topological polar surface area (TPSA) is 512 Å². The van der Waals surface area contributed by atoms with Gasteiger partial charge in [0.15, 0.2) is 11.6 Å². The Morgan fingerprint density at radius 2 is 0.856 bits per heavy atom. The van der Waals surface area contributed by atoms with Crippen molar-refractivity contribution in [2.24, 2.45) is 34.8 Å². The van der Waals surface area contributed by atoms with Crippen LogP contribution in [0.4, 0.5) is 13.2 Å². The van der Waals surface area contributed by atoms with Crippen molar-refractivity contribution in [2.45, 2.75) is 191 Å². The van der Waals surface area contributed by atoms with Gasteiger partial charge in [0.05, 0.1) is 69.6 Å². The van der Waals surface area contributed by atoms with E-state index in [-0.39, 0.29) is 131 Å². The molecule has 0 saturated carbocycles. The zero-order chi connectivity index (χ0) is 101. The lowest BCUT2D eigenvalue weighted by atomic mass is 9.89. The van der Waals surface area contributed by atoms with Crippen LogP contribution in [0.1, 0.15) is 174 Å². The van der Waals surface area contributed by atoms with Crippen LogP contribution in [0, 0.1) is 22.7 Å². The van der Waals surface area contributed by atoms with E-state index in [0.717, 1.165) is 44.0 Å². The molecule has 8 aromatic rings. The highest BCUT2D eigenvalue weighted by atomic mass is 32.2. The third-order valence-electron chi connectivity index (χ3n) is 22.3. The third kappa shape index (κ3) is 45.4. The molecule has 750 valence electrons. The van der Waals surface area contributed by atoms with Crippen molar-refractivity contribution in [1.82, 2.24) is 35.8 Å². The number of benzene rings is 8. The Morgan fingerprint density at radius 1 is 0.439 bits per heavy atom. The summed E-state index contributed by atoms with van der Waals surface area (Å²) in [5.74, 6) is -7.71. The molecule has 16 N–H and O–H groups in total. The summed E-state index contributed by atoms with van der Waals surface area (Å²) in [6.45, 7) is 3.94. The van der Waals surface area contributed by atoms with Gasteiger partial charge < -0.3 is 68.0 Å². The molecule has 1 saturated heterocycles. The van der Waals surface area contributed by atoms with E-state index in [0.29, 0.717) is 156 Å². The molecular formula is C102H130F3N13O19S2. The fourth-order valence-corrected chi connectivity index (χ4v) is 17.6. The number of ketones is 4. The lowest BCUT2D eigenvalue weighted by Gasteiger charge is -2.22. The van der Waals surface area contributed by atoms with E-state index in [1.165, 1.54) is 12.1 Å². The SMILES string of the molecule is COCCOCCCC(=O)CCC(=O)ON1CCCC1=O.COCCOCCNC(=O)CCC(=O)CCc1cccc(CS(=O)(=O)N[C@H](CCCc2ccccc2)C(=O)C[C@@H](Cc2cccc(CN)c2)C(=O)NCc2ccc(C(=N)N)cc2)c1.N=C(N)c1ccc(CNC(=O)[C@@H](CC(=O)[C@@H](CCCc2ccccc2)NS(=O)(=O)Cc2cccc(CN)c2)Cc2cccc(CNC(=O)C(F)(F)F)c2)cc1. The summed E-state index contributed by atoms with van der Waals surface area (Å²) >= 11 is 0. The zero-order valence-electron chi connectivity index (χ0n) is 78.7. The van der Waals surface area contributed by atoms with E-state index in [9.17, 15) is 78.0 Å². The van der Waals surface area contributed by atoms with Gasteiger partial charge in [-0.15, -0.1) is 0 Å². The molecule has 0 bridgehead atoms.